The number of carbonyl (C=O) groups excluding carboxylic acids is 2. The molecule has 1 aliphatic rings. The molecule has 2 unspecified atom stereocenters. The molecule has 0 aliphatic carbocycles. The quantitative estimate of drug-likeness (QED) is 0.0480. The van der Waals surface area contributed by atoms with Crippen molar-refractivity contribution in [1.29, 1.82) is 0 Å². The molecule has 0 aromatic rings. The van der Waals surface area contributed by atoms with Gasteiger partial charge in [0.25, 0.3) is 0 Å². The molecule has 0 radical (unpaired) electrons. The van der Waals surface area contributed by atoms with Gasteiger partial charge < -0.3 is 4.55 Å². The molecule has 0 aromatic carbocycles. The first kappa shape index (κ1) is 41.2. The van der Waals surface area contributed by atoms with Crippen molar-refractivity contribution in [3.8, 4) is 0 Å². The van der Waals surface area contributed by atoms with Gasteiger partial charge in [0.15, 0.2) is 0 Å². The fourth-order valence-electron chi connectivity index (χ4n) is 6.66. The van der Waals surface area contributed by atoms with Gasteiger partial charge in [-0.2, -0.15) is 0 Å². The summed E-state index contributed by atoms with van der Waals surface area (Å²) in [5.41, 5.74) is 0. The standard InChI is InChI=1S/C36H70N2O5S/c1-4-5-6-7-8-9-10-11-12-13-14-15-18-21-24-27-34(39)28-25-22-19-16-17-20-23-26-29-36(40)37-31-30-35(37)38(2,3)32-33-44(41,42)43/h35H,4-33H2,1-3H3/p+1. The van der Waals surface area contributed by atoms with Crippen molar-refractivity contribution >= 4 is 21.8 Å². The van der Waals surface area contributed by atoms with Gasteiger partial charge in [-0.25, -0.2) is 18.1 Å². The van der Waals surface area contributed by atoms with Crippen molar-refractivity contribution in [3.63, 3.8) is 0 Å². The predicted molar refractivity (Wildman–Crippen MR) is 182 cm³/mol. The Bertz CT molecular complexity index is 845. The number of nitrogens with zero attached hydrogens (tertiary/aromatic N) is 1. The van der Waals surface area contributed by atoms with E-state index in [1.165, 1.54) is 109 Å². The van der Waals surface area contributed by atoms with Crippen LogP contribution in [-0.4, -0.2) is 68.2 Å². The molecule has 1 N–H and O–H groups in total. The predicted octanol–water partition coefficient (Wildman–Crippen LogP) is 7.48. The van der Waals surface area contributed by atoms with Crippen molar-refractivity contribution in [3.05, 3.63) is 0 Å². The number of Topliss-reactive ketones (excluding diaryl/α,β-unsaturated/α-hetero) is 1. The minimum absolute atomic E-state index is 0.0557. The summed E-state index contributed by atoms with van der Waals surface area (Å²) >= 11 is 0. The van der Waals surface area contributed by atoms with Crippen LogP contribution in [0.25, 0.3) is 0 Å². The third-order valence-corrected chi connectivity index (χ3v) is 10.6. The van der Waals surface area contributed by atoms with Crippen LogP contribution in [-0.2, 0) is 19.7 Å². The maximum Gasteiger partial charge on any atom is 0.316 e. The van der Waals surface area contributed by atoms with Crippen molar-refractivity contribution in [2.45, 2.75) is 186 Å². The lowest BCUT2D eigenvalue weighted by atomic mass is 10.0. The number of ketones is 1. The number of carbonyl (C=O) groups is 2. The number of nitrogens with one attached hydrogen (secondary N) is 1. The van der Waals surface area contributed by atoms with Crippen LogP contribution < -0.4 is 4.90 Å². The van der Waals surface area contributed by atoms with E-state index in [2.05, 4.69) is 6.92 Å². The van der Waals surface area contributed by atoms with Gasteiger partial charge in [-0.15, -0.1) is 0 Å². The summed E-state index contributed by atoms with van der Waals surface area (Å²) in [7, 11) is -0.402. The van der Waals surface area contributed by atoms with E-state index in [4.69, 9.17) is 0 Å². The van der Waals surface area contributed by atoms with Gasteiger partial charge in [0, 0.05) is 12.8 Å². The highest BCUT2D eigenvalue weighted by atomic mass is 32.2. The Morgan fingerprint density at radius 1 is 0.636 bits per heavy atom. The van der Waals surface area contributed by atoms with E-state index in [-0.39, 0.29) is 24.4 Å². The lowest BCUT2D eigenvalue weighted by Crippen LogP contribution is -3.26. The molecule has 1 saturated heterocycles. The second-order valence-corrected chi connectivity index (χ2v) is 15.9. The summed E-state index contributed by atoms with van der Waals surface area (Å²) in [5, 5.41) is 0. The highest BCUT2D eigenvalue weighted by molar-refractivity contribution is 7.85. The fraction of sp³-hybridized carbons (Fsp3) is 0.944. The zero-order chi connectivity index (χ0) is 32.5. The molecule has 7 nitrogen and oxygen atoms in total. The van der Waals surface area contributed by atoms with E-state index in [9.17, 15) is 22.6 Å². The van der Waals surface area contributed by atoms with E-state index >= 15 is 0 Å². The van der Waals surface area contributed by atoms with E-state index in [0.29, 0.717) is 16.7 Å². The van der Waals surface area contributed by atoms with Crippen LogP contribution >= 0.6 is 0 Å². The fourth-order valence-corrected chi connectivity index (χ4v) is 7.36. The highest BCUT2D eigenvalue weighted by Crippen LogP contribution is 2.16. The third-order valence-electron chi connectivity index (χ3n) is 9.88. The molecule has 1 rings (SSSR count). The van der Waals surface area contributed by atoms with E-state index in [1.54, 1.807) is 0 Å². The number of hydrogen-bond acceptors (Lipinski definition) is 5. The van der Waals surface area contributed by atoms with Gasteiger partial charge in [-0.1, -0.05) is 135 Å². The van der Waals surface area contributed by atoms with Crippen molar-refractivity contribution in [2.75, 3.05) is 32.9 Å². The smallest absolute Gasteiger partial charge is 0.316 e. The van der Waals surface area contributed by atoms with Crippen LogP contribution in [0.3, 0.4) is 0 Å². The third kappa shape index (κ3) is 21.8. The van der Waals surface area contributed by atoms with Crippen LogP contribution in [0.4, 0.5) is 0 Å². The molecule has 1 aliphatic heterocycles. The molecule has 1 fully saturated rings. The topological polar surface area (TPSA) is 95.8 Å². The van der Waals surface area contributed by atoms with Crippen molar-refractivity contribution in [2.24, 2.45) is 0 Å². The molecule has 260 valence electrons. The van der Waals surface area contributed by atoms with Gasteiger partial charge in [0.2, 0.25) is 6.17 Å². The van der Waals surface area contributed by atoms with Crippen LogP contribution in [0.5, 0.6) is 0 Å². The molecule has 8 heteroatoms. The summed E-state index contributed by atoms with van der Waals surface area (Å²) in [6, 6.07) is 0. The first-order chi connectivity index (χ1) is 21.1. The maximum atomic E-state index is 12.7. The molecule has 1 amide bonds. The van der Waals surface area contributed by atoms with E-state index < -0.39 is 10.1 Å². The average Bonchev–Trinajstić information content (AvgIpc) is 2.94. The van der Waals surface area contributed by atoms with Crippen molar-refractivity contribution in [1.82, 2.24) is 0 Å². The van der Waals surface area contributed by atoms with Gasteiger partial charge in [0.1, 0.15) is 28.9 Å². The minimum Gasteiger partial charge on any atom is -0.748 e. The molecule has 0 spiro atoms. The highest BCUT2D eigenvalue weighted by Gasteiger charge is 2.48. The number of rotatable bonds is 31. The number of hydrogen-bond donors (Lipinski definition) is 1. The number of amides is 1. The summed E-state index contributed by atoms with van der Waals surface area (Å²) < 4.78 is 33.4. The number of quaternary nitrogens is 2. The normalized spacial score (nSPS) is 17.1. The Morgan fingerprint density at radius 3 is 1.34 bits per heavy atom. The summed E-state index contributed by atoms with van der Waals surface area (Å²) in [6.07, 6.45) is 32.3. The van der Waals surface area contributed by atoms with Crippen molar-refractivity contribution < 1.29 is 31.9 Å². The average molecular weight is 644 g/mol. The Morgan fingerprint density at radius 2 is 1.00 bits per heavy atom. The van der Waals surface area contributed by atoms with Crippen LogP contribution in [0.15, 0.2) is 0 Å². The summed E-state index contributed by atoms with van der Waals surface area (Å²) in [6.45, 7) is 3.33. The van der Waals surface area contributed by atoms with Gasteiger partial charge in [-0.05, 0) is 19.3 Å². The van der Waals surface area contributed by atoms with Gasteiger partial charge >= 0.3 is 5.91 Å². The largest absolute Gasteiger partial charge is 0.748 e. The first-order valence-corrected chi connectivity index (χ1v) is 20.3. The lowest BCUT2D eigenvalue weighted by Gasteiger charge is -2.45. The van der Waals surface area contributed by atoms with Crippen LogP contribution in [0.1, 0.15) is 180 Å². The molecule has 0 bridgehead atoms. The zero-order valence-electron chi connectivity index (χ0n) is 29.2. The van der Waals surface area contributed by atoms with E-state index in [1.807, 2.05) is 14.1 Å². The van der Waals surface area contributed by atoms with Gasteiger partial charge in [-0.3, -0.25) is 9.28 Å². The Labute approximate surface area is 272 Å². The molecule has 1 heterocycles. The molecule has 44 heavy (non-hydrogen) atoms. The Balaban J connectivity index is 1.86. The maximum absolute atomic E-state index is 12.7. The van der Waals surface area contributed by atoms with Crippen LogP contribution in [0, 0.1) is 0 Å². The molecular weight excluding hydrogens is 572 g/mol. The monoisotopic (exact) mass is 644 g/mol. The summed E-state index contributed by atoms with van der Waals surface area (Å²) in [4.78, 5) is 25.8. The molecule has 0 aromatic heterocycles. The van der Waals surface area contributed by atoms with Crippen LogP contribution in [0.2, 0.25) is 0 Å². The lowest BCUT2D eigenvalue weighted by molar-refractivity contribution is -1.11. The number of likely N-dealkylation sites (tertiary alicyclic amines) is 1. The second kappa shape index (κ2) is 25.3. The van der Waals surface area contributed by atoms with E-state index in [0.717, 1.165) is 69.2 Å². The molecule has 2 atom stereocenters. The second-order valence-electron chi connectivity index (χ2n) is 14.3. The molecular formula is C36H71N2O5S+. The summed E-state index contributed by atoms with van der Waals surface area (Å²) in [5.74, 6) is 0.299. The van der Waals surface area contributed by atoms with Gasteiger partial charge in [0.05, 0.1) is 32.8 Å². The molecule has 0 saturated carbocycles. The SMILES string of the molecule is CCCCCCCCCCCCCCCCCC(=O)CCCCCCCCCCC(=O)[NH+]1CCC1[N+](C)(C)CCS(=O)(=O)[O-]. The Kier molecular flexibility index (Phi) is 23.7. The zero-order valence-corrected chi connectivity index (χ0v) is 30.0. The Hall–Kier alpha value is -0.830. The number of unbranched alkanes of at least 4 members (excludes halogenated alkanes) is 21. The first-order valence-electron chi connectivity index (χ1n) is 18.7. The minimum atomic E-state index is -4.23.